The number of nitrogens with zero attached hydrogens (tertiary/aromatic N) is 5. The molecule has 0 amide bonds. The summed E-state index contributed by atoms with van der Waals surface area (Å²) in [6, 6.07) is 8.07. The molecule has 3 aromatic rings. The molecule has 0 radical (unpaired) electrons. The van der Waals surface area contributed by atoms with Gasteiger partial charge in [-0.3, -0.25) is 14.6 Å². The lowest BCUT2D eigenvalue weighted by Gasteiger charge is -2.32. The maximum Gasteiger partial charge on any atom is 0.137 e. The molecule has 1 aliphatic rings. The number of piperidine rings is 1. The number of hydrogen-bond acceptors (Lipinski definition) is 4. The molecule has 24 heavy (non-hydrogen) atoms. The molecule has 1 saturated heterocycles. The zero-order valence-corrected chi connectivity index (χ0v) is 14.2. The first-order valence-electron chi connectivity index (χ1n) is 8.36. The molecule has 5 nitrogen and oxygen atoms in total. The molecule has 0 bridgehead atoms. The predicted octanol–water partition coefficient (Wildman–Crippen LogP) is 3.39. The summed E-state index contributed by atoms with van der Waals surface area (Å²) >= 11 is 6.31. The average molecular weight is 342 g/mol. The van der Waals surface area contributed by atoms with E-state index in [4.69, 9.17) is 11.6 Å². The molecule has 0 spiro atoms. The third-order valence-electron chi connectivity index (χ3n) is 4.71. The van der Waals surface area contributed by atoms with E-state index in [0.717, 1.165) is 42.1 Å². The summed E-state index contributed by atoms with van der Waals surface area (Å²) in [5.74, 6) is 0.618. The summed E-state index contributed by atoms with van der Waals surface area (Å²) < 4.78 is 1.94. The van der Waals surface area contributed by atoms with Gasteiger partial charge in [0, 0.05) is 36.2 Å². The van der Waals surface area contributed by atoms with E-state index in [1.807, 2.05) is 29.1 Å². The summed E-state index contributed by atoms with van der Waals surface area (Å²) in [4.78, 5) is 11.1. The lowest BCUT2D eigenvalue weighted by atomic mass is 9.97. The number of fused-ring (bicyclic) bond motifs is 1. The van der Waals surface area contributed by atoms with Crippen LogP contribution in [0.15, 0.2) is 43.1 Å². The highest BCUT2D eigenvalue weighted by atomic mass is 35.5. The number of halogens is 1. The normalized spacial score (nSPS) is 19.0. The molecular formula is C18H20ClN5. The van der Waals surface area contributed by atoms with Crippen molar-refractivity contribution < 1.29 is 0 Å². The predicted molar refractivity (Wildman–Crippen MR) is 94.8 cm³/mol. The molecule has 2 aromatic heterocycles. The van der Waals surface area contributed by atoms with Gasteiger partial charge < -0.3 is 0 Å². The Kier molecular flexibility index (Phi) is 4.45. The van der Waals surface area contributed by atoms with Crippen LogP contribution in [0.2, 0.25) is 5.02 Å². The first kappa shape index (κ1) is 15.5. The molecule has 1 aromatic carbocycles. The summed E-state index contributed by atoms with van der Waals surface area (Å²) in [5, 5.41) is 6.04. The van der Waals surface area contributed by atoms with Gasteiger partial charge in [-0.15, -0.1) is 0 Å². The Hall–Kier alpha value is -1.98. The Morgan fingerprint density at radius 3 is 3.08 bits per heavy atom. The standard InChI is InChI=1S/C18H20ClN5/c19-17-6-5-15(18-16(17)4-1-7-21-18)11-23-8-2-3-14(9-23)10-24-13-20-12-22-24/h1,4-7,12-14H,2-3,8-11H2/t14-/m1/s1. The Labute approximate surface area is 146 Å². The highest BCUT2D eigenvalue weighted by Gasteiger charge is 2.21. The minimum Gasteiger partial charge on any atom is -0.299 e. The van der Waals surface area contributed by atoms with Crippen LogP contribution < -0.4 is 0 Å². The number of aromatic nitrogens is 4. The zero-order valence-electron chi connectivity index (χ0n) is 13.5. The largest absolute Gasteiger partial charge is 0.299 e. The topological polar surface area (TPSA) is 46.8 Å². The van der Waals surface area contributed by atoms with Crippen molar-refractivity contribution in [1.29, 1.82) is 0 Å². The molecule has 3 heterocycles. The van der Waals surface area contributed by atoms with E-state index >= 15 is 0 Å². The van der Waals surface area contributed by atoms with E-state index in [1.54, 1.807) is 12.7 Å². The van der Waals surface area contributed by atoms with Crippen LogP contribution in [0.1, 0.15) is 18.4 Å². The molecular weight excluding hydrogens is 322 g/mol. The first-order chi connectivity index (χ1) is 11.8. The minimum absolute atomic E-state index is 0.618. The second kappa shape index (κ2) is 6.87. The number of hydrogen-bond donors (Lipinski definition) is 0. The van der Waals surface area contributed by atoms with Crippen LogP contribution in [0.25, 0.3) is 10.9 Å². The highest BCUT2D eigenvalue weighted by molar-refractivity contribution is 6.35. The van der Waals surface area contributed by atoms with E-state index in [1.165, 1.54) is 18.4 Å². The maximum atomic E-state index is 6.31. The highest BCUT2D eigenvalue weighted by Crippen LogP contribution is 2.27. The second-order valence-electron chi connectivity index (χ2n) is 6.47. The number of pyridine rings is 1. The van der Waals surface area contributed by atoms with Crippen LogP contribution in [0, 0.1) is 5.92 Å². The van der Waals surface area contributed by atoms with E-state index < -0.39 is 0 Å². The van der Waals surface area contributed by atoms with Crippen LogP contribution >= 0.6 is 11.6 Å². The smallest absolute Gasteiger partial charge is 0.137 e. The molecule has 0 aliphatic carbocycles. The van der Waals surface area contributed by atoms with Crippen molar-refractivity contribution in [3.63, 3.8) is 0 Å². The van der Waals surface area contributed by atoms with Gasteiger partial charge in [-0.1, -0.05) is 17.7 Å². The molecule has 0 N–H and O–H groups in total. The lowest BCUT2D eigenvalue weighted by Crippen LogP contribution is -2.36. The molecule has 1 fully saturated rings. The minimum atomic E-state index is 0.618. The van der Waals surface area contributed by atoms with Gasteiger partial charge in [0.2, 0.25) is 0 Å². The SMILES string of the molecule is Clc1ccc(CN2CCC[C@@H](Cn3cncn3)C2)c2ncccc12. The average Bonchev–Trinajstić information content (AvgIpc) is 3.11. The van der Waals surface area contributed by atoms with Gasteiger partial charge in [-0.2, -0.15) is 5.10 Å². The van der Waals surface area contributed by atoms with Crippen molar-refractivity contribution in [1.82, 2.24) is 24.6 Å². The fourth-order valence-corrected chi connectivity index (χ4v) is 3.82. The van der Waals surface area contributed by atoms with Crippen molar-refractivity contribution in [2.75, 3.05) is 13.1 Å². The van der Waals surface area contributed by atoms with Crippen LogP contribution in [-0.2, 0) is 13.1 Å². The van der Waals surface area contributed by atoms with Crippen molar-refractivity contribution >= 4 is 22.5 Å². The van der Waals surface area contributed by atoms with Gasteiger partial charge in [-0.25, -0.2) is 4.98 Å². The quantitative estimate of drug-likeness (QED) is 0.729. The van der Waals surface area contributed by atoms with E-state index in [0.29, 0.717) is 5.92 Å². The van der Waals surface area contributed by atoms with Gasteiger partial charge in [0.15, 0.2) is 0 Å². The summed E-state index contributed by atoms with van der Waals surface area (Å²) in [7, 11) is 0. The zero-order chi connectivity index (χ0) is 16.4. The van der Waals surface area contributed by atoms with Gasteiger partial charge in [0.25, 0.3) is 0 Å². The van der Waals surface area contributed by atoms with Crippen molar-refractivity contribution in [3.05, 3.63) is 53.7 Å². The molecule has 1 aliphatic heterocycles. The van der Waals surface area contributed by atoms with Crippen molar-refractivity contribution in [2.45, 2.75) is 25.9 Å². The van der Waals surface area contributed by atoms with Gasteiger partial charge in [0.1, 0.15) is 12.7 Å². The first-order valence-corrected chi connectivity index (χ1v) is 8.74. The van der Waals surface area contributed by atoms with Gasteiger partial charge in [-0.05, 0) is 49.1 Å². The lowest BCUT2D eigenvalue weighted by molar-refractivity contribution is 0.153. The third kappa shape index (κ3) is 3.28. The Balaban J connectivity index is 1.50. The van der Waals surface area contributed by atoms with Crippen LogP contribution in [0.5, 0.6) is 0 Å². The molecule has 1 atom stereocenters. The summed E-state index contributed by atoms with van der Waals surface area (Å²) in [6.07, 6.45) is 7.71. The molecule has 124 valence electrons. The molecule has 0 saturated carbocycles. The fourth-order valence-electron chi connectivity index (χ4n) is 3.60. The van der Waals surface area contributed by atoms with E-state index in [2.05, 4.69) is 26.0 Å². The van der Waals surface area contributed by atoms with E-state index in [9.17, 15) is 0 Å². The monoisotopic (exact) mass is 341 g/mol. The van der Waals surface area contributed by atoms with Crippen LogP contribution in [-0.4, -0.2) is 37.7 Å². The van der Waals surface area contributed by atoms with Crippen molar-refractivity contribution in [2.24, 2.45) is 5.92 Å². The fraction of sp³-hybridized carbons (Fsp3) is 0.389. The third-order valence-corrected chi connectivity index (χ3v) is 5.04. The molecule has 0 unspecified atom stereocenters. The molecule has 4 rings (SSSR count). The van der Waals surface area contributed by atoms with Gasteiger partial charge in [0.05, 0.1) is 5.52 Å². The Morgan fingerprint density at radius 2 is 2.21 bits per heavy atom. The van der Waals surface area contributed by atoms with Crippen molar-refractivity contribution in [3.8, 4) is 0 Å². The van der Waals surface area contributed by atoms with Crippen LogP contribution in [0.3, 0.4) is 0 Å². The Bertz CT molecular complexity index is 817. The second-order valence-corrected chi connectivity index (χ2v) is 6.87. The van der Waals surface area contributed by atoms with Gasteiger partial charge >= 0.3 is 0 Å². The summed E-state index contributed by atoms with van der Waals surface area (Å²) in [5.41, 5.74) is 2.26. The summed E-state index contributed by atoms with van der Waals surface area (Å²) in [6.45, 7) is 4.07. The van der Waals surface area contributed by atoms with Crippen LogP contribution in [0.4, 0.5) is 0 Å². The maximum absolute atomic E-state index is 6.31. The Morgan fingerprint density at radius 1 is 1.25 bits per heavy atom. The number of rotatable bonds is 4. The molecule has 6 heteroatoms. The number of benzene rings is 1. The van der Waals surface area contributed by atoms with E-state index in [-0.39, 0.29) is 0 Å². The number of likely N-dealkylation sites (tertiary alicyclic amines) is 1.